The molecule has 0 radical (unpaired) electrons. The number of nitrogens with one attached hydrogen (secondary N) is 1. The first-order chi connectivity index (χ1) is 15.5. The lowest BCUT2D eigenvalue weighted by molar-refractivity contribution is 0.101. The second-order valence-corrected chi connectivity index (χ2v) is 7.75. The van der Waals surface area contributed by atoms with Gasteiger partial charge < -0.3 is 10.1 Å². The number of aryl methyl sites for hydroxylation is 1. The van der Waals surface area contributed by atoms with Crippen LogP contribution in [0.25, 0.3) is 17.1 Å². The minimum atomic E-state index is -0.383. The number of benzene rings is 3. The van der Waals surface area contributed by atoms with Crippen molar-refractivity contribution in [2.75, 3.05) is 11.9 Å². The Balaban J connectivity index is 1.75. The smallest absolute Gasteiger partial charge is 0.295 e. The molecule has 0 spiro atoms. The normalized spacial score (nSPS) is 10.8. The van der Waals surface area contributed by atoms with E-state index in [2.05, 4.69) is 15.4 Å². The third-order valence-electron chi connectivity index (χ3n) is 5.14. The standard InChI is InChI=1S/C25H23ClN4O2/c1-4-32-21-13-11-20(12-14-21)30-24(18-8-6-9-19(26)15-18)28-23(29-30)25(31)27-22-10-5-7-16(2)17(22)3/h5-15H,4H2,1-3H3,(H,27,31). The molecule has 0 unspecified atom stereocenters. The molecule has 7 heteroatoms. The van der Waals surface area contributed by atoms with Crippen molar-refractivity contribution < 1.29 is 9.53 Å². The van der Waals surface area contributed by atoms with Gasteiger partial charge in [0.1, 0.15) is 5.75 Å². The molecule has 1 aromatic heterocycles. The number of halogens is 1. The van der Waals surface area contributed by atoms with Crippen LogP contribution in [-0.4, -0.2) is 27.3 Å². The number of carbonyl (C=O) groups excluding carboxylic acids is 1. The molecule has 1 amide bonds. The number of hydrogen-bond acceptors (Lipinski definition) is 4. The number of amides is 1. The van der Waals surface area contributed by atoms with E-state index in [4.69, 9.17) is 16.3 Å². The Hall–Kier alpha value is -3.64. The third kappa shape index (κ3) is 4.50. The van der Waals surface area contributed by atoms with Crippen LogP contribution in [0, 0.1) is 13.8 Å². The van der Waals surface area contributed by atoms with Crippen molar-refractivity contribution in [1.82, 2.24) is 14.8 Å². The van der Waals surface area contributed by atoms with Gasteiger partial charge in [0.25, 0.3) is 5.91 Å². The van der Waals surface area contributed by atoms with E-state index in [0.29, 0.717) is 17.5 Å². The number of nitrogens with zero attached hydrogens (tertiary/aromatic N) is 3. The van der Waals surface area contributed by atoms with Crippen LogP contribution in [-0.2, 0) is 0 Å². The molecule has 4 rings (SSSR count). The fourth-order valence-corrected chi connectivity index (χ4v) is 3.51. The van der Waals surface area contributed by atoms with Gasteiger partial charge >= 0.3 is 0 Å². The lowest BCUT2D eigenvalue weighted by Crippen LogP contribution is -2.15. The lowest BCUT2D eigenvalue weighted by atomic mass is 10.1. The average Bonchev–Trinajstić information content (AvgIpc) is 3.23. The van der Waals surface area contributed by atoms with Crippen LogP contribution >= 0.6 is 11.6 Å². The first kappa shape index (κ1) is 21.6. The fraction of sp³-hybridized carbons (Fsp3) is 0.160. The number of anilines is 1. The SMILES string of the molecule is CCOc1ccc(-n2nc(C(=O)Nc3cccc(C)c3C)nc2-c2cccc(Cl)c2)cc1. The topological polar surface area (TPSA) is 69.0 Å². The van der Waals surface area contributed by atoms with Gasteiger partial charge in [0.15, 0.2) is 5.82 Å². The van der Waals surface area contributed by atoms with Crippen LogP contribution < -0.4 is 10.1 Å². The highest BCUT2D eigenvalue weighted by Crippen LogP contribution is 2.26. The molecule has 0 saturated carbocycles. The minimum Gasteiger partial charge on any atom is -0.494 e. The van der Waals surface area contributed by atoms with Gasteiger partial charge in [0, 0.05) is 16.3 Å². The maximum atomic E-state index is 13.0. The summed E-state index contributed by atoms with van der Waals surface area (Å²) in [4.78, 5) is 17.6. The van der Waals surface area contributed by atoms with Gasteiger partial charge in [-0.05, 0) is 74.4 Å². The molecule has 0 aliphatic rings. The van der Waals surface area contributed by atoms with Crippen LogP contribution in [0.15, 0.2) is 66.7 Å². The molecule has 0 aliphatic carbocycles. The predicted molar refractivity (Wildman–Crippen MR) is 127 cm³/mol. The summed E-state index contributed by atoms with van der Waals surface area (Å²) < 4.78 is 7.17. The van der Waals surface area contributed by atoms with Crippen LogP contribution in [0.3, 0.4) is 0 Å². The van der Waals surface area contributed by atoms with E-state index < -0.39 is 0 Å². The number of carbonyl (C=O) groups is 1. The Kier molecular flexibility index (Phi) is 6.23. The van der Waals surface area contributed by atoms with Crippen molar-refractivity contribution in [3.05, 3.63) is 88.7 Å². The molecule has 4 aromatic rings. The van der Waals surface area contributed by atoms with Crippen molar-refractivity contribution >= 4 is 23.2 Å². The molecule has 3 aromatic carbocycles. The maximum absolute atomic E-state index is 13.0. The molecule has 6 nitrogen and oxygen atoms in total. The van der Waals surface area contributed by atoms with Gasteiger partial charge in [-0.15, -0.1) is 5.10 Å². The maximum Gasteiger partial charge on any atom is 0.295 e. The molecule has 0 aliphatic heterocycles. The van der Waals surface area contributed by atoms with Crippen LogP contribution in [0.2, 0.25) is 5.02 Å². The van der Waals surface area contributed by atoms with Crippen molar-refractivity contribution in [1.29, 1.82) is 0 Å². The molecule has 0 atom stereocenters. The zero-order valence-corrected chi connectivity index (χ0v) is 18.8. The largest absolute Gasteiger partial charge is 0.494 e. The zero-order valence-electron chi connectivity index (χ0n) is 18.1. The van der Waals surface area contributed by atoms with Gasteiger partial charge in [-0.3, -0.25) is 4.79 Å². The molecular formula is C25H23ClN4O2. The summed E-state index contributed by atoms with van der Waals surface area (Å²) in [7, 11) is 0. The molecular weight excluding hydrogens is 424 g/mol. The van der Waals surface area contributed by atoms with Crippen molar-refractivity contribution in [2.24, 2.45) is 0 Å². The molecule has 0 fully saturated rings. The highest BCUT2D eigenvalue weighted by molar-refractivity contribution is 6.30. The summed E-state index contributed by atoms with van der Waals surface area (Å²) in [5, 5.41) is 8.02. The summed E-state index contributed by atoms with van der Waals surface area (Å²) in [5.41, 5.74) is 4.33. The second kappa shape index (κ2) is 9.24. The number of rotatable bonds is 6. The Morgan fingerprint density at radius 2 is 1.81 bits per heavy atom. The predicted octanol–water partition coefficient (Wildman–Crippen LogP) is 5.86. The van der Waals surface area contributed by atoms with E-state index >= 15 is 0 Å². The van der Waals surface area contributed by atoms with E-state index in [1.54, 1.807) is 16.8 Å². The van der Waals surface area contributed by atoms with Crippen LogP contribution in [0.4, 0.5) is 5.69 Å². The molecule has 0 bridgehead atoms. The fourth-order valence-electron chi connectivity index (χ4n) is 3.32. The van der Waals surface area contributed by atoms with E-state index in [9.17, 15) is 4.79 Å². The van der Waals surface area contributed by atoms with E-state index in [1.165, 1.54) is 0 Å². The summed E-state index contributed by atoms with van der Waals surface area (Å²) in [5.74, 6) is 0.956. The Morgan fingerprint density at radius 1 is 1.06 bits per heavy atom. The monoisotopic (exact) mass is 446 g/mol. The number of aromatic nitrogens is 3. The van der Waals surface area contributed by atoms with Gasteiger partial charge in [-0.2, -0.15) is 0 Å². The highest BCUT2D eigenvalue weighted by Gasteiger charge is 2.20. The number of ether oxygens (including phenoxy) is 1. The van der Waals surface area contributed by atoms with Crippen LogP contribution in [0.5, 0.6) is 5.75 Å². The van der Waals surface area contributed by atoms with Crippen molar-refractivity contribution in [3.8, 4) is 22.8 Å². The summed E-state index contributed by atoms with van der Waals surface area (Å²) in [6.07, 6.45) is 0. The van der Waals surface area contributed by atoms with E-state index in [0.717, 1.165) is 33.8 Å². The van der Waals surface area contributed by atoms with E-state index in [-0.39, 0.29) is 11.7 Å². The molecule has 1 N–H and O–H groups in total. The zero-order chi connectivity index (χ0) is 22.7. The van der Waals surface area contributed by atoms with Crippen molar-refractivity contribution in [3.63, 3.8) is 0 Å². The summed E-state index contributed by atoms with van der Waals surface area (Å²) in [6, 6.07) is 20.5. The number of hydrogen-bond donors (Lipinski definition) is 1. The third-order valence-corrected chi connectivity index (χ3v) is 5.37. The highest BCUT2D eigenvalue weighted by atomic mass is 35.5. The summed E-state index contributed by atoms with van der Waals surface area (Å²) >= 11 is 6.20. The van der Waals surface area contributed by atoms with Gasteiger partial charge in [0.05, 0.1) is 12.3 Å². The Bertz CT molecular complexity index is 1270. The Morgan fingerprint density at radius 3 is 2.53 bits per heavy atom. The summed E-state index contributed by atoms with van der Waals surface area (Å²) in [6.45, 7) is 6.48. The molecule has 1 heterocycles. The first-order valence-corrected chi connectivity index (χ1v) is 10.7. The Labute approximate surface area is 191 Å². The van der Waals surface area contributed by atoms with Gasteiger partial charge in [-0.1, -0.05) is 35.9 Å². The first-order valence-electron chi connectivity index (χ1n) is 10.3. The van der Waals surface area contributed by atoms with Gasteiger partial charge in [0.2, 0.25) is 5.82 Å². The van der Waals surface area contributed by atoms with Crippen LogP contribution in [0.1, 0.15) is 28.7 Å². The average molecular weight is 447 g/mol. The van der Waals surface area contributed by atoms with E-state index in [1.807, 2.05) is 75.4 Å². The molecule has 0 saturated heterocycles. The minimum absolute atomic E-state index is 0.0646. The lowest BCUT2D eigenvalue weighted by Gasteiger charge is -2.08. The van der Waals surface area contributed by atoms with Crippen molar-refractivity contribution in [2.45, 2.75) is 20.8 Å². The second-order valence-electron chi connectivity index (χ2n) is 7.31. The molecule has 32 heavy (non-hydrogen) atoms. The van der Waals surface area contributed by atoms with Gasteiger partial charge in [-0.25, -0.2) is 9.67 Å². The quantitative estimate of drug-likeness (QED) is 0.403. The molecule has 162 valence electrons.